The minimum atomic E-state index is 0.787. The van der Waals surface area contributed by atoms with E-state index in [-0.39, 0.29) is 0 Å². The van der Waals surface area contributed by atoms with Crippen molar-refractivity contribution in [3.63, 3.8) is 0 Å². The van der Waals surface area contributed by atoms with Gasteiger partial charge in [0.2, 0.25) is 0 Å². The molecule has 0 fully saturated rings. The predicted molar refractivity (Wildman–Crippen MR) is 131 cm³/mol. The van der Waals surface area contributed by atoms with Gasteiger partial charge >= 0.3 is 0 Å². The van der Waals surface area contributed by atoms with Gasteiger partial charge in [0.25, 0.3) is 0 Å². The van der Waals surface area contributed by atoms with Gasteiger partial charge < -0.3 is 9.47 Å². The lowest BCUT2D eigenvalue weighted by atomic mass is 9.91. The van der Waals surface area contributed by atoms with Gasteiger partial charge in [0.15, 0.2) is 24.5 Å². The number of unbranched alkanes of at least 4 members (excludes halogenated alkanes) is 1. The number of ether oxygens (including phenoxy) is 2. The van der Waals surface area contributed by atoms with E-state index < -0.39 is 0 Å². The summed E-state index contributed by atoms with van der Waals surface area (Å²) in [6.07, 6.45) is 6.94. The zero-order valence-electron chi connectivity index (χ0n) is 19.8. The second-order valence-corrected chi connectivity index (χ2v) is 8.87. The third-order valence-electron chi connectivity index (χ3n) is 6.93. The molecule has 2 aliphatic rings. The first-order valence-corrected chi connectivity index (χ1v) is 12.2. The molecular formula is C28H38N2O2+2. The molecule has 0 spiro atoms. The Morgan fingerprint density at radius 3 is 1.53 bits per heavy atom. The smallest absolute Gasteiger partial charge is 0.183 e. The number of benzene rings is 2. The highest BCUT2D eigenvalue weighted by atomic mass is 16.5. The molecule has 0 N–H and O–H groups in total. The van der Waals surface area contributed by atoms with Crippen LogP contribution in [0.5, 0.6) is 0 Å². The third kappa shape index (κ3) is 5.36. The summed E-state index contributed by atoms with van der Waals surface area (Å²) in [5, 5.41) is 0. The fourth-order valence-corrected chi connectivity index (χ4v) is 5.23. The van der Waals surface area contributed by atoms with Crippen LogP contribution in [-0.4, -0.2) is 74.2 Å². The van der Waals surface area contributed by atoms with E-state index in [9.17, 15) is 0 Å². The molecule has 2 aromatic carbocycles. The van der Waals surface area contributed by atoms with E-state index in [1.807, 2.05) is 0 Å². The summed E-state index contributed by atoms with van der Waals surface area (Å²) in [5.41, 5.74) is 8.91. The molecule has 0 radical (unpaired) electrons. The summed E-state index contributed by atoms with van der Waals surface area (Å²) in [4.78, 5) is 0. The Morgan fingerprint density at radius 2 is 1.09 bits per heavy atom. The number of hydrogen-bond acceptors (Lipinski definition) is 2. The molecule has 170 valence electrons. The van der Waals surface area contributed by atoms with E-state index in [0.717, 1.165) is 65.1 Å². The van der Waals surface area contributed by atoms with Crippen molar-refractivity contribution in [2.45, 2.75) is 38.5 Å². The summed E-state index contributed by atoms with van der Waals surface area (Å²) >= 11 is 0. The molecular weight excluding hydrogens is 396 g/mol. The van der Waals surface area contributed by atoms with E-state index in [1.54, 1.807) is 14.2 Å². The zero-order valence-corrected chi connectivity index (χ0v) is 19.8. The maximum Gasteiger partial charge on any atom is 0.183 e. The van der Waals surface area contributed by atoms with Crippen LogP contribution in [0.3, 0.4) is 0 Å². The molecule has 0 bridgehead atoms. The Morgan fingerprint density at radius 1 is 0.656 bits per heavy atom. The molecule has 2 aromatic rings. The van der Waals surface area contributed by atoms with Crippen LogP contribution in [0.2, 0.25) is 0 Å². The second kappa shape index (κ2) is 11.5. The van der Waals surface area contributed by atoms with Gasteiger partial charge in [-0.3, -0.25) is 0 Å². The Labute approximate surface area is 193 Å². The monoisotopic (exact) mass is 434 g/mol. The predicted octanol–water partition coefficient (Wildman–Crippen LogP) is 3.96. The van der Waals surface area contributed by atoms with Crippen molar-refractivity contribution >= 4 is 11.4 Å². The Bertz CT molecular complexity index is 897. The molecule has 4 heteroatoms. The van der Waals surface area contributed by atoms with Gasteiger partial charge in [0, 0.05) is 51.0 Å². The molecule has 0 saturated carbocycles. The summed E-state index contributed by atoms with van der Waals surface area (Å²) in [5.74, 6) is 0. The van der Waals surface area contributed by atoms with E-state index in [1.165, 1.54) is 46.5 Å². The quantitative estimate of drug-likeness (QED) is 0.395. The highest BCUT2D eigenvalue weighted by molar-refractivity contribution is 5.99. The van der Waals surface area contributed by atoms with Crippen molar-refractivity contribution in [3.05, 3.63) is 70.8 Å². The zero-order chi connectivity index (χ0) is 22.2. The fourth-order valence-electron chi connectivity index (χ4n) is 5.23. The van der Waals surface area contributed by atoms with Crippen molar-refractivity contribution in [2.75, 3.05) is 53.6 Å². The number of fused-ring (bicyclic) bond motifs is 2. The van der Waals surface area contributed by atoms with Crippen molar-refractivity contribution in [2.24, 2.45) is 0 Å². The molecule has 0 aromatic heterocycles. The van der Waals surface area contributed by atoms with Crippen LogP contribution in [0.25, 0.3) is 0 Å². The highest BCUT2D eigenvalue weighted by Gasteiger charge is 2.27. The van der Waals surface area contributed by atoms with Gasteiger partial charge in [-0.15, -0.1) is 0 Å². The lowest BCUT2D eigenvalue weighted by Gasteiger charge is -2.20. The lowest BCUT2D eigenvalue weighted by molar-refractivity contribution is -0.532. The third-order valence-corrected chi connectivity index (χ3v) is 6.93. The first-order valence-electron chi connectivity index (χ1n) is 12.2. The van der Waals surface area contributed by atoms with E-state index in [2.05, 4.69) is 57.7 Å². The number of methoxy groups -OCH3 is 2. The molecule has 0 aliphatic carbocycles. The van der Waals surface area contributed by atoms with Crippen LogP contribution < -0.4 is 0 Å². The summed E-state index contributed by atoms with van der Waals surface area (Å²) in [6.45, 7) is 5.74. The molecule has 2 heterocycles. The summed E-state index contributed by atoms with van der Waals surface area (Å²) in [6, 6.07) is 17.9. The van der Waals surface area contributed by atoms with Crippen LogP contribution >= 0.6 is 0 Å². The Hall–Kier alpha value is -2.30. The van der Waals surface area contributed by atoms with Gasteiger partial charge in [-0.2, -0.15) is 0 Å². The molecule has 0 unspecified atom stereocenters. The maximum atomic E-state index is 5.39. The second-order valence-electron chi connectivity index (χ2n) is 8.87. The lowest BCUT2D eigenvalue weighted by Crippen LogP contribution is -2.33. The largest absolute Gasteiger partial charge is 0.378 e. The first kappa shape index (κ1) is 22.9. The molecule has 0 atom stereocenters. The maximum absolute atomic E-state index is 5.39. The Kier molecular flexibility index (Phi) is 8.24. The summed E-state index contributed by atoms with van der Waals surface area (Å²) < 4.78 is 15.9. The summed E-state index contributed by atoms with van der Waals surface area (Å²) in [7, 11) is 3.60. The standard InChI is InChI=1S/C28H38N2O2/c1-31-21-19-29-17-15-23-9-3-5-11-25(23)27(29)13-7-8-14-28-26-12-6-4-10-24(26)16-18-30(28)20-22-32-2/h3-6,9-12H,7-8,13-22H2,1-2H3/q+2. The SMILES string of the molecule is COCC[N+]1=C(CCCCC2=[N+](CCOC)CCc3ccccc32)c2ccccc2CC1. The molecule has 4 rings (SSSR count). The van der Waals surface area contributed by atoms with E-state index >= 15 is 0 Å². The van der Waals surface area contributed by atoms with E-state index in [0.29, 0.717) is 0 Å². The molecule has 4 nitrogen and oxygen atoms in total. The topological polar surface area (TPSA) is 24.5 Å². The van der Waals surface area contributed by atoms with Crippen LogP contribution in [-0.2, 0) is 22.3 Å². The van der Waals surface area contributed by atoms with Crippen molar-refractivity contribution in [3.8, 4) is 0 Å². The van der Waals surface area contributed by atoms with Gasteiger partial charge in [0.05, 0.1) is 0 Å². The number of hydrogen-bond donors (Lipinski definition) is 0. The number of rotatable bonds is 11. The van der Waals surface area contributed by atoms with Crippen LogP contribution in [0, 0.1) is 0 Å². The minimum Gasteiger partial charge on any atom is -0.378 e. The van der Waals surface area contributed by atoms with Crippen molar-refractivity contribution < 1.29 is 18.6 Å². The average molecular weight is 435 g/mol. The van der Waals surface area contributed by atoms with Gasteiger partial charge in [-0.1, -0.05) is 36.4 Å². The van der Waals surface area contributed by atoms with Gasteiger partial charge in [0.1, 0.15) is 26.3 Å². The van der Waals surface area contributed by atoms with Gasteiger partial charge in [-0.05, 0) is 36.1 Å². The average Bonchev–Trinajstić information content (AvgIpc) is 2.84. The molecule has 32 heavy (non-hydrogen) atoms. The number of nitrogens with zero attached hydrogens (tertiary/aromatic N) is 2. The van der Waals surface area contributed by atoms with Crippen LogP contribution in [0.4, 0.5) is 0 Å². The van der Waals surface area contributed by atoms with Crippen LogP contribution in [0.1, 0.15) is 47.9 Å². The molecule has 0 saturated heterocycles. The first-order chi connectivity index (χ1) is 15.8. The van der Waals surface area contributed by atoms with Crippen molar-refractivity contribution in [1.29, 1.82) is 0 Å². The van der Waals surface area contributed by atoms with Crippen LogP contribution in [0.15, 0.2) is 48.5 Å². The molecule has 2 aliphatic heterocycles. The highest BCUT2D eigenvalue weighted by Crippen LogP contribution is 2.22. The normalized spacial score (nSPS) is 15.7. The molecule has 0 amide bonds. The van der Waals surface area contributed by atoms with E-state index in [4.69, 9.17) is 9.47 Å². The van der Waals surface area contributed by atoms with Crippen molar-refractivity contribution in [1.82, 2.24) is 0 Å². The fraction of sp³-hybridized carbons (Fsp3) is 0.500. The van der Waals surface area contributed by atoms with Gasteiger partial charge in [-0.25, -0.2) is 9.15 Å². The Balaban J connectivity index is 1.46. The minimum absolute atomic E-state index is 0.787.